The molecule has 3 heterocycles. The highest BCUT2D eigenvalue weighted by Gasteiger charge is 2.19. The van der Waals surface area contributed by atoms with Gasteiger partial charge in [0, 0.05) is 40.4 Å². The predicted molar refractivity (Wildman–Crippen MR) is 199 cm³/mol. The van der Waals surface area contributed by atoms with E-state index < -0.39 is 0 Å². The van der Waals surface area contributed by atoms with Gasteiger partial charge < -0.3 is 4.74 Å². The molecule has 0 saturated carbocycles. The number of rotatable bonds is 9. The van der Waals surface area contributed by atoms with Gasteiger partial charge in [-0.3, -0.25) is 4.57 Å². The molecule has 5 heteroatoms. The molecule has 0 N–H and O–H groups in total. The van der Waals surface area contributed by atoms with Crippen LogP contribution < -0.4 is 4.74 Å². The predicted octanol–water partition coefficient (Wildman–Crippen LogP) is 11.4. The van der Waals surface area contributed by atoms with E-state index in [9.17, 15) is 0 Å². The second kappa shape index (κ2) is 12.8. The zero-order valence-electron chi connectivity index (χ0n) is 29.0. The number of benzene rings is 4. The Morgan fingerprint density at radius 3 is 2.27 bits per heavy atom. The molecule has 1 atom stereocenters. The average Bonchev–Trinajstić information content (AvgIpc) is 3.56. The van der Waals surface area contributed by atoms with Crippen LogP contribution in [0.1, 0.15) is 63.1 Å². The maximum atomic E-state index is 6.59. The SMILES string of the molecule is Cc1nn(-c2cccc(Oc3ccc4c5cc(C(C)C(C)C)ccc5n(-c5cc(CC(C)C)ccn5)c4c3)c2)c(C)c1-c1ccccc1. The van der Waals surface area contributed by atoms with Gasteiger partial charge in [0.25, 0.3) is 0 Å². The van der Waals surface area contributed by atoms with Crippen molar-refractivity contribution in [1.82, 2.24) is 19.3 Å². The number of ether oxygens (including phenoxy) is 1. The van der Waals surface area contributed by atoms with Crippen molar-refractivity contribution in [1.29, 1.82) is 0 Å². The minimum absolute atomic E-state index is 0.459. The molecule has 0 spiro atoms. The van der Waals surface area contributed by atoms with Crippen LogP contribution in [-0.2, 0) is 6.42 Å². The monoisotopic (exact) mass is 632 g/mol. The van der Waals surface area contributed by atoms with E-state index >= 15 is 0 Å². The van der Waals surface area contributed by atoms with Crippen molar-refractivity contribution < 1.29 is 4.74 Å². The summed E-state index contributed by atoms with van der Waals surface area (Å²) < 4.78 is 10.9. The summed E-state index contributed by atoms with van der Waals surface area (Å²) in [4.78, 5) is 4.89. The molecule has 0 fully saturated rings. The Balaban J connectivity index is 1.31. The first kappa shape index (κ1) is 31.4. The van der Waals surface area contributed by atoms with Crippen LogP contribution in [0.3, 0.4) is 0 Å². The van der Waals surface area contributed by atoms with Crippen LogP contribution in [0.2, 0.25) is 0 Å². The Labute approximate surface area is 283 Å². The summed E-state index contributed by atoms with van der Waals surface area (Å²) in [7, 11) is 0. The van der Waals surface area contributed by atoms with Gasteiger partial charge in [-0.1, -0.05) is 77.1 Å². The highest BCUT2D eigenvalue weighted by atomic mass is 16.5. The van der Waals surface area contributed by atoms with Crippen molar-refractivity contribution in [3.63, 3.8) is 0 Å². The molecule has 4 aromatic carbocycles. The van der Waals surface area contributed by atoms with E-state index in [1.807, 2.05) is 29.1 Å². The number of fused-ring (bicyclic) bond motifs is 3. The van der Waals surface area contributed by atoms with Crippen molar-refractivity contribution >= 4 is 21.8 Å². The fraction of sp³-hybridized carbons (Fsp3) is 0.256. The molecule has 1 unspecified atom stereocenters. The van der Waals surface area contributed by atoms with E-state index in [-0.39, 0.29) is 0 Å². The number of hydrogen-bond acceptors (Lipinski definition) is 3. The van der Waals surface area contributed by atoms with Gasteiger partial charge in [0.1, 0.15) is 17.3 Å². The molecule has 0 bridgehead atoms. The molecule has 0 amide bonds. The standard InChI is InChI=1S/C43H44N4O/c1-27(2)22-32-20-21-44-42(23-32)46-40-19-16-34(29(5)28(3)4)24-39(40)38-18-17-37(26-41(38)46)48-36-15-11-14-35(25-36)47-31(7)43(30(6)45-47)33-12-9-8-10-13-33/h8-21,23-29H,22H2,1-7H3. The maximum absolute atomic E-state index is 6.59. The van der Waals surface area contributed by atoms with Crippen molar-refractivity contribution in [2.45, 2.75) is 60.8 Å². The van der Waals surface area contributed by atoms with Gasteiger partial charge >= 0.3 is 0 Å². The molecule has 3 aromatic heterocycles. The van der Waals surface area contributed by atoms with E-state index in [0.29, 0.717) is 17.8 Å². The number of aryl methyl sites for hydroxylation is 1. The minimum atomic E-state index is 0.459. The molecule has 0 radical (unpaired) electrons. The average molecular weight is 633 g/mol. The number of hydrogen-bond donors (Lipinski definition) is 0. The molecule has 0 aliphatic rings. The van der Waals surface area contributed by atoms with E-state index in [1.54, 1.807) is 0 Å². The molecular weight excluding hydrogens is 589 g/mol. The summed E-state index contributed by atoms with van der Waals surface area (Å²) in [6.45, 7) is 15.6. The van der Waals surface area contributed by atoms with Crippen LogP contribution in [0.5, 0.6) is 11.5 Å². The number of nitrogens with zero attached hydrogens (tertiary/aromatic N) is 4. The highest BCUT2D eigenvalue weighted by molar-refractivity contribution is 6.09. The van der Waals surface area contributed by atoms with Crippen molar-refractivity contribution in [3.8, 4) is 34.1 Å². The van der Waals surface area contributed by atoms with Crippen LogP contribution in [-0.4, -0.2) is 19.3 Å². The Kier molecular flexibility index (Phi) is 8.38. The van der Waals surface area contributed by atoms with Gasteiger partial charge in [0.05, 0.1) is 22.4 Å². The second-order valence-corrected chi connectivity index (χ2v) is 13.9. The van der Waals surface area contributed by atoms with Gasteiger partial charge in [-0.05, 0) is 103 Å². The molecule has 5 nitrogen and oxygen atoms in total. The normalized spacial score (nSPS) is 12.4. The third-order valence-electron chi connectivity index (χ3n) is 9.62. The summed E-state index contributed by atoms with van der Waals surface area (Å²) in [5.41, 5.74) is 10.3. The summed E-state index contributed by atoms with van der Waals surface area (Å²) in [5.74, 6) is 4.04. The summed E-state index contributed by atoms with van der Waals surface area (Å²) in [6.07, 6.45) is 2.95. The molecule has 242 valence electrons. The summed E-state index contributed by atoms with van der Waals surface area (Å²) >= 11 is 0. The summed E-state index contributed by atoms with van der Waals surface area (Å²) in [5, 5.41) is 7.35. The van der Waals surface area contributed by atoms with Gasteiger partial charge in [-0.2, -0.15) is 5.10 Å². The van der Waals surface area contributed by atoms with Crippen LogP contribution in [0.25, 0.3) is 44.4 Å². The number of pyridine rings is 1. The third kappa shape index (κ3) is 5.90. The van der Waals surface area contributed by atoms with Gasteiger partial charge in [-0.25, -0.2) is 9.67 Å². The molecule has 48 heavy (non-hydrogen) atoms. The van der Waals surface area contributed by atoms with E-state index in [1.165, 1.54) is 27.5 Å². The molecule has 0 saturated heterocycles. The lowest BCUT2D eigenvalue weighted by Gasteiger charge is -2.16. The Morgan fingerprint density at radius 2 is 1.50 bits per heavy atom. The van der Waals surface area contributed by atoms with Crippen LogP contribution >= 0.6 is 0 Å². The first-order valence-corrected chi connectivity index (χ1v) is 17.1. The molecule has 0 aliphatic heterocycles. The first-order valence-electron chi connectivity index (χ1n) is 17.1. The highest BCUT2D eigenvalue weighted by Crippen LogP contribution is 2.38. The molecule has 0 aliphatic carbocycles. The van der Waals surface area contributed by atoms with Gasteiger partial charge in [0.2, 0.25) is 0 Å². The lowest BCUT2D eigenvalue weighted by atomic mass is 9.89. The van der Waals surface area contributed by atoms with Crippen LogP contribution in [0.15, 0.2) is 109 Å². The van der Waals surface area contributed by atoms with Crippen molar-refractivity contribution in [2.24, 2.45) is 11.8 Å². The van der Waals surface area contributed by atoms with Crippen LogP contribution in [0.4, 0.5) is 0 Å². The zero-order chi connectivity index (χ0) is 33.5. The molecular formula is C43H44N4O. The second-order valence-electron chi connectivity index (χ2n) is 13.9. The number of aromatic nitrogens is 4. The third-order valence-corrected chi connectivity index (χ3v) is 9.62. The minimum Gasteiger partial charge on any atom is -0.457 e. The Hall–Kier alpha value is -5.16. The fourth-order valence-electron chi connectivity index (χ4n) is 6.91. The molecule has 7 aromatic rings. The largest absolute Gasteiger partial charge is 0.457 e. The van der Waals surface area contributed by atoms with Gasteiger partial charge in [-0.15, -0.1) is 0 Å². The van der Waals surface area contributed by atoms with Gasteiger partial charge in [0.15, 0.2) is 0 Å². The van der Waals surface area contributed by atoms with Crippen molar-refractivity contribution in [3.05, 3.63) is 132 Å². The fourth-order valence-corrected chi connectivity index (χ4v) is 6.91. The van der Waals surface area contributed by atoms with E-state index in [0.717, 1.165) is 57.4 Å². The maximum Gasteiger partial charge on any atom is 0.137 e. The Bertz CT molecular complexity index is 2240. The summed E-state index contributed by atoms with van der Waals surface area (Å²) in [6, 6.07) is 36.3. The Morgan fingerprint density at radius 1 is 0.708 bits per heavy atom. The van der Waals surface area contributed by atoms with Crippen LogP contribution in [0, 0.1) is 25.7 Å². The lowest BCUT2D eigenvalue weighted by molar-refractivity contribution is 0.482. The van der Waals surface area contributed by atoms with E-state index in [4.69, 9.17) is 14.8 Å². The lowest BCUT2D eigenvalue weighted by Crippen LogP contribution is -2.02. The van der Waals surface area contributed by atoms with E-state index in [2.05, 4.69) is 138 Å². The molecule has 7 rings (SSSR count). The first-order chi connectivity index (χ1) is 23.2. The topological polar surface area (TPSA) is 44.9 Å². The smallest absolute Gasteiger partial charge is 0.137 e. The quantitative estimate of drug-likeness (QED) is 0.159. The zero-order valence-corrected chi connectivity index (χ0v) is 29.0. The van der Waals surface area contributed by atoms with Crippen molar-refractivity contribution in [2.75, 3.05) is 0 Å².